The number of rotatable bonds is 14. The van der Waals surface area contributed by atoms with Gasteiger partial charge in [0.05, 0.1) is 39.6 Å². The smallest absolute Gasteiger partial charge is 0.225 e. The van der Waals surface area contributed by atoms with Crippen LogP contribution in [0.1, 0.15) is 21.7 Å². The molecule has 6 nitrogen and oxygen atoms in total. The maximum Gasteiger partial charge on any atom is 0.225 e. The Labute approximate surface area is 130 Å². The summed E-state index contributed by atoms with van der Waals surface area (Å²) in [7, 11) is 3.71. The van der Waals surface area contributed by atoms with E-state index >= 15 is 0 Å². The number of carbonyl (C=O) groups excluding carboxylic acids is 1. The molecule has 0 bridgehead atoms. The summed E-state index contributed by atoms with van der Waals surface area (Å²) in [5, 5.41) is 3.01. The van der Waals surface area contributed by atoms with E-state index in [-0.39, 0.29) is 13.3 Å². The summed E-state index contributed by atoms with van der Waals surface area (Å²) >= 11 is 0. The van der Waals surface area contributed by atoms with Crippen LogP contribution in [0.25, 0.3) is 0 Å². The molecule has 0 aliphatic heterocycles. The van der Waals surface area contributed by atoms with Crippen molar-refractivity contribution in [1.29, 1.82) is 0 Å². The van der Waals surface area contributed by atoms with Crippen molar-refractivity contribution in [3.63, 3.8) is 0 Å². The number of carbonyl (C=O) groups is 1. The van der Waals surface area contributed by atoms with E-state index in [2.05, 4.69) is 5.32 Å². The van der Waals surface area contributed by atoms with Crippen molar-refractivity contribution in [2.45, 2.75) is 20.3 Å². The van der Waals surface area contributed by atoms with Crippen LogP contribution in [0.2, 0.25) is 0 Å². The standard InChI is InChI=1S/C15H32N2O4.H2/c1-5-14(2)15(18)17(4)7-9-20-11-13-21-12-10-19-8-6-16-3;/h14,16H,5-13H2,1-4H3;1H. The van der Waals surface area contributed by atoms with Crippen molar-refractivity contribution in [3.05, 3.63) is 0 Å². The van der Waals surface area contributed by atoms with Crippen molar-refractivity contribution >= 4 is 5.91 Å². The van der Waals surface area contributed by atoms with Crippen LogP contribution in [0.15, 0.2) is 0 Å². The van der Waals surface area contributed by atoms with Crippen LogP contribution in [0.3, 0.4) is 0 Å². The predicted molar refractivity (Wildman–Crippen MR) is 85.6 cm³/mol. The van der Waals surface area contributed by atoms with E-state index in [0.29, 0.717) is 46.2 Å². The third-order valence-electron chi connectivity index (χ3n) is 3.22. The molecule has 0 saturated heterocycles. The maximum atomic E-state index is 11.8. The Balaban J connectivity index is 0. The monoisotopic (exact) mass is 306 g/mol. The van der Waals surface area contributed by atoms with Crippen LogP contribution in [-0.4, -0.2) is 77.6 Å². The van der Waals surface area contributed by atoms with Gasteiger partial charge in [0.15, 0.2) is 0 Å². The Hall–Kier alpha value is -0.690. The summed E-state index contributed by atoms with van der Waals surface area (Å²) in [4.78, 5) is 13.5. The topological polar surface area (TPSA) is 60.0 Å². The molecule has 6 heteroatoms. The summed E-state index contributed by atoms with van der Waals surface area (Å²) in [6, 6.07) is 0. The predicted octanol–water partition coefficient (Wildman–Crippen LogP) is 1.01. The SMILES string of the molecule is CCC(C)C(=O)N(C)CCOCCOCCOCCNC.[HH]. The molecular weight excluding hydrogens is 272 g/mol. The molecule has 1 N–H and O–H groups in total. The zero-order chi connectivity index (χ0) is 15.9. The maximum absolute atomic E-state index is 11.8. The Morgan fingerprint density at radius 3 is 2.14 bits per heavy atom. The fourth-order valence-electron chi connectivity index (χ4n) is 1.58. The van der Waals surface area contributed by atoms with Gasteiger partial charge in [-0.2, -0.15) is 0 Å². The zero-order valence-corrected chi connectivity index (χ0v) is 14.0. The van der Waals surface area contributed by atoms with Gasteiger partial charge in [-0.3, -0.25) is 4.79 Å². The Morgan fingerprint density at radius 1 is 1.10 bits per heavy atom. The number of amides is 1. The second-order valence-corrected chi connectivity index (χ2v) is 5.01. The molecular formula is C15H34N2O4. The molecule has 21 heavy (non-hydrogen) atoms. The Morgan fingerprint density at radius 2 is 1.62 bits per heavy atom. The average Bonchev–Trinajstić information content (AvgIpc) is 2.50. The highest BCUT2D eigenvalue weighted by Crippen LogP contribution is 2.04. The highest BCUT2D eigenvalue weighted by Gasteiger charge is 2.14. The summed E-state index contributed by atoms with van der Waals surface area (Å²) in [5.41, 5.74) is 0. The lowest BCUT2D eigenvalue weighted by Gasteiger charge is -2.20. The third-order valence-corrected chi connectivity index (χ3v) is 3.22. The van der Waals surface area contributed by atoms with Crippen LogP contribution >= 0.6 is 0 Å². The minimum absolute atomic E-state index is 0. The molecule has 0 aromatic heterocycles. The van der Waals surface area contributed by atoms with Crippen molar-refractivity contribution < 1.29 is 20.4 Å². The first-order valence-corrected chi connectivity index (χ1v) is 7.76. The van der Waals surface area contributed by atoms with E-state index in [1.54, 1.807) is 4.90 Å². The summed E-state index contributed by atoms with van der Waals surface area (Å²) in [6.07, 6.45) is 0.869. The molecule has 128 valence electrons. The molecule has 0 saturated carbocycles. The number of ether oxygens (including phenoxy) is 3. The minimum Gasteiger partial charge on any atom is -0.378 e. The normalized spacial score (nSPS) is 12.4. The first-order chi connectivity index (χ1) is 10.1. The number of nitrogens with zero attached hydrogens (tertiary/aromatic N) is 1. The first kappa shape index (κ1) is 20.3. The molecule has 1 amide bonds. The lowest BCUT2D eigenvalue weighted by atomic mass is 10.1. The van der Waals surface area contributed by atoms with Gasteiger partial charge >= 0.3 is 0 Å². The van der Waals surface area contributed by atoms with Gasteiger partial charge < -0.3 is 24.4 Å². The van der Waals surface area contributed by atoms with E-state index in [1.807, 2.05) is 27.9 Å². The van der Waals surface area contributed by atoms with Crippen LogP contribution in [-0.2, 0) is 19.0 Å². The van der Waals surface area contributed by atoms with Gasteiger partial charge in [-0.05, 0) is 13.5 Å². The van der Waals surface area contributed by atoms with E-state index in [9.17, 15) is 4.79 Å². The van der Waals surface area contributed by atoms with Crippen LogP contribution < -0.4 is 5.32 Å². The van der Waals surface area contributed by atoms with Gasteiger partial charge in [-0.1, -0.05) is 13.8 Å². The fourth-order valence-corrected chi connectivity index (χ4v) is 1.58. The highest BCUT2D eigenvalue weighted by molar-refractivity contribution is 5.78. The van der Waals surface area contributed by atoms with Gasteiger partial charge in [0.2, 0.25) is 5.91 Å². The van der Waals surface area contributed by atoms with Gasteiger partial charge in [0.25, 0.3) is 0 Å². The van der Waals surface area contributed by atoms with Crippen LogP contribution in [0.5, 0.6) is 0 Å². The summed E-state index contributed by atoms with van der Waals surface area (Å²) in [6.45, 7) is 8.97. The van der Waals surface area contributed by atoms with E-state index in [4.69, 9.17) is 14.2 Å². The molecule has 0 fully saturated rings. The molecule has 0 aromatic rings. The number of hydrogen-bond donors (Lipinski definition) is 1. The molecule has 0 spiro atoms. The van der Waals surface area contributed by atoms with Crippen LogP contribution in [0, 0.1) is 5.92 Å². The quantitative estimate of drug-likeness (QED) is 0.485. The molecule has 1 atom stereocenters. The van der Waals surface area contributed by atoms with Crippen molar-refractivity contribution in [3.8, 4) is 0 Å². The number of hydrogen-bond acceptors (Lipinski definition) is 5. The highest BCUT2D eigenvalue weighted by atomic mass is 16.5. The van der Waals surface area contributed by atoms with Crippen molar-refractivity contribution in [1.82, 2.24) is 10.2 Å². The number of nitrogens with one attached hydrogen (secondary N) is 1. The molecule has 1 unspecified atom stereocenters. The van der Waals surface area contributed by atoms with Crippen molar-refractivity contribution in [2.75, 3.05) is 66.8 Å². The second kappa shape index (κ2) is 14.3. The lowest BCUT2D eigenvalue weighted by Crippen LogP contribution is -2.34. The van der Waals surface area contributed by atoms with Gasteiger partial charge in [-0.25, -0.2) is 0 Å². The third kappa shape index (κ3) is 11.6. The zero-order valence-electron chi connectivity index (χ0n) is 14.0. The van der Waals surface area contributed by atoms with Crippen LogP contribution in [0.4, 0.5) is 0 Å². The summed E-state index contributed by atoms with van der Waals surface area (Å²) < 4.78 is 16.1. The van der Waals surface area contributed by atoms with E-state index < -0.39 is 0 Å². The summed E-state index contributed by atoms with van der Waals surface area (Å²) in [5.74, 6) is 0.261. The van der Waals surface area contributed by atoms with E-state index in [1.165, 1.54) is 0 Å². The first-order valence-electron chi connectivity index (χ1n) is 7.76. The van der Waals surface area contributed by atoms with Crippen molar-refractivity contribution in [2.24, 2.45) is 5.92 Å². The molecule has 0 radical (unpaired) electrons. The molecule has 0 aliphatic carbocycles. The minimum atomic E-state index is 0. The van der Waals surface area contributed by atoms with Gasteiger partial charge in [0.1, 0.15) is 0 Å². The molecule has 0 aromatic carbocycles. The Kier molecular flexibility index (Phi) is 13.8. The molecule has 0 rings (SSSR count). The average molecular weight is 306 g/mol. The second-order valence-electron chi connectivity index (χ2n) is 5.01. The molecule has 0 heterocycles. The van der Waals surface area contributed by atoms with Gasteiger partial charge in [-0.15, -0.1) is 0 Å². The van der Waals surface area contributed by atoms with Gasteiger partial charge in [0, 0.05) is 27.5 Å². The molecule has 0 aliphatic rings. The largest absolute Gasteiger partial charge is 0.378 e. The fraction of sp³-hybridized carbons (Fsp3) is 0.933. The Bertz CT molecular complexity index is 258. The number of likely N-dealkylation sites (N-methyl/N-ethyl adjacent to an activating group) is 2. The lowest BCUT2D eigenvalue weighted by molar-refractivity contribution is -0.134. The van der Waals surface area contributed by atoms with E-state index in [0.717, 1.165) is 13.0 Å².